The van der Waals surface area contributed by atoms with E-state index in [0.717, 1.165) is 0 Å². The number of hydrogen-bond acceptors (Lipinski definition) is 4. The fourth-order valence-electron chi connectivity index (χ4n) is 3.95. The highest BCUT2D eigenvalue weighted by Gasteiger charge is 2.38. The highest BCUT2D eigenvalue weighted by atomic mass is 35.5. The quantitative estimate of drug-likeness (QED) is 0.213. The molecule has 4 rings (SSSR count). The first-order valence-electron chi connectivity index (χ1n) is 10.5. The van der Waals surface area contributed by atoms with Crippen molar-refractivity contribution in [3.05, 3.63) is 70.1 Å². The summed E-state index contributed by atoms with van der Waals surface area (Å²) in [5.74, 6) is -1.53. The molecule has 3 aromatic rings. The number of carbonyl (C=O) groups is 2. The molecule has 4 N–H and O–H groups in total. The Labute approximate surface area is 213 Å². The summed E-state index contributed by atoms with van der Waals surface area (Å²) in [6.07, 6.45) is -2.69. The lowest BCUT2D eigenvalue weighted by atomic mass is 9.98. The number of hydrogen-bond donors (Lipinski definition) is 2. The third kappa shape index (κ3) is 5.90. The Balaban J connectivity index is 0.000000201. The first-order valence-corrected chi connectivity index (χ1v) is 11.2. The summed E-state index contributed by atoms with van der Waals surface area (Å²) in [4.78, 5) is 23.9. The Morgan fingerprint density at radius 2 is 1.92 bits per heavy atom. The monoisotopic (exact) mass is 545 g/mol. The van der Waals surface area contributed by atoms with Crippen LogP contribution in [0.25, 0.3) is 10.9 Å². The number of nitrogens with two attached hydrogens (primary N) is 2. The predicted molar refractivity (Wildman–Crippen MR) is 129 cm³/mol. The molecular weight excluding hydrogens is 525 g/mol. The van der Waals surface area contributed by atoms with E-state index in [1.54, 1.807) is 4.90 Å². The van der Waals surface area contributed by atoms with Crippen LogP contribution in [0, 0.1) is 5.82 Å². The van der Waals surface area contributed by atoms with E-state index in [9.17, 15) is 27.2 Å². The van der Waals surface area contributed by atoms with Crippen LogP contribution in [0.15, 0.2) is 43.0 Å². The molecule has 13 heteroatoms. The zero-order valence-corrected chi connectivity index (χ0v) is 20.2. The summed E-state index contributed by atoms with van der Waals surface area (Å²) >= 11 is 11.9. The van der Waals surface area contributed by atoms with Gasteiger partial charge in [0.1, 0.15) is 12.4 Å². The summed E-state index contributed by atoms with van der Waals surface area (Å²) in [6.45, 7) is 3.83. The van der Waals surface area contributed by atoms with Gasteiger partial charge in [-0.1, -0.05) is 29.8 Å². The largest absolute Gasteiger partial charge is 0.433 e. The van der Waals surface area contributed by atoms with Crippen molar-refractivity contribution in [2.45, 2.75) is 25.1 Å². The SMILES string of the molecule is C=CC(=O)N1CCC(c2c(F)ccc(Cl)c2Cl)C1.NC(=O)Cn1nc2cc(N)ccc2c1C(F)(F)F. The van der Waals surface area contributed by atoms with E-state index >= 15 is 0 Å². The van der Waals surface area contributed by atoms with E-state index in [1.165, 1.54) is 36.4 Å². The van der Waals surface area contributed by atoms with Gasteiger partial charge in [-0.15, -0.1) is 0 Å². The number of amides is 2. The number of likely N-dealkylation sites (tertiary alicyclic amines) is 1. The smallest absolute Gasteiger partial charge is 0.399 e. The van der Waals surface area contributed by atoms with E-state index in [4.69, 9.17) is 34.7 Å². The highest BCUT2D eigenvalue weighted by Crippen LogP contribution is 2.38. The van der Waals surface area contributed by atoms with Crippen molar-refractivity contribution in [1.82, 2.24) is 14.7 Å². The van der Waals surface area contributed by atoms with Crippen molar-refractivity contribution in [3.63, 3.8) is 0 Å². The van der Waals surface area contributed by atoms with Crippen LogP contribution >= 0.6 is 23.2 Å². The molecular formula is C23H21Cl2F4N5O2. The Morgan fingerprint density at radius 3 is 2.53 bits per heavy atom. The van der Waals surface area contributed by atoms with Gasteiger partial charge < -0.3 is 16.4 Å². The highest BCUT2D eigenvalue weighted by molar-refractivity contribution is 6.42. The van der Waals surface area contributed by atoms with Gasteiger partial charge in [-0.3, -0.25) is 9.59 Å². The molecule has 2 amide bonds. The van der Waals surface area contributed by atoms with Gasteiger partial charge >= 0.3 is 6.18 Å². The standard InChI is InChI=1S/C13H12Cl2FNO.C10H9F3N4O/c1-2-11(18)17-6-5-8(7-17)12-10(16)4-3-9(14)13(12)15;11-10(12,13)9-6-2-1-5(14)3-7(6)16-17(9)4-8(15)18/h2-4,8H,1,5-7H2;1-3H,4,14H2,(H2,15,18). The molecule has 0 spiro atoms. The molecule has 1 aromatic heterocycles. The van der Waals surface area contributed by atoms with Crippen LogP contribution < -0.4 is 11.5 Å². The number of nitrogens with zero attached hydrogens (tertiary/aromatic N) is 3. The average Bonchev–Trinajstić information content (AvgIpc) is 3.40. The van der Waals surface area contributed by atoms with Gasteiger partial charge in [0.15, 0.2) is 5.69 Å². The second kappa shape index (κ2) is 10.8. The van der Waals surface area contributed by atoms with Gasteiger partial charge in [0.2, 0.25) is 11.8 Å². The lowest BCUT2D eigenvalue weighted by Crippen LogP contribution is -2.26. The molecule has 2 heterocycles. The Bertz CT molecular complexity index is 1330. The molecule has 0 radical (unpaired) electrons. The summed E-state index contributed by atoms with van der Waals surface area (Å²) < 4.78 is 53.1. The minimum atomic E-state index is -4.62. The third-order valence-corrected chi connectivity index (χ3v) is 6.32. The molecule has 7 nitrogen and oxygen atoms in total. The minimum Gasteiger partial charge on any atom is -0.399 e. The van der Waals surface area contributed by atoms with Crippen LogP contribution in [0.2, 0.25) is 10.0 Å². The van der Waals surface area contributed by atoms with Crippen molar-refractivity contribution in [2.75, 3.05) is 18.8 Å². The fraction of sp³-hybridized carbons (Fsp3) is 0.261. The number of aromatic nitrogens is 2. The van der Waals surface area contributed by atoms with Crippen LogP contribution in [0.5, 0.6) is 0 Å². The van der Waals surface area contributed by atoms with Gasteiger partial charge in [0, 0.05) is 35.6 Å². The molecule has 0 aliphatic carbocycles. The van der Waals surface area contributed by atoms with E-state index < -0.39 is 24.3 Å². The molecule has 1 atom stereocenters. The fourth-order valence-corrected chi connectivity index (χ4v) is 4.43. The van der Waals surface area contributed by atoms with Crippen molar-refractivity contribution in [3.8, 4) is 0 Å². The number of fused-ring (bicyclic) bond motifs is 1. The molecule has 1 unspecified atom stereocenters. The number of halogens is 6. The predicted octanol–water partition coefficient (Wildman–Crippen LogP) is 4.76. The first-order chi connectivity index (χ1) is 16.8. The van der Waals surface area contributed by atoms with E-state index in [0.29, 0.717) is 40.5 Å². The molecule has 36 heavy (non-hydrogen) atoms. The normalized spacial score (nSPS) is 15.5. The molecule has 0 saturated carbocycles. The summed E-state index contributed by atoms with van der Waals surface area (Å²) in [5.41, 5.74) is 10.1. The van der Waals surface area contributed by atoms with E-state index in [1.807, 2.05) is 0 Å². The number of alkyl halides is 3. The first kappa shape index (κ1) is 27.3. The van der Waals surface area contributed by atoms with Crippen molar-refractivity contribution in [1.29, 1.82) is 0 Å². The number of nitrogen functional groups attached to an aromatic ring is 1. The molecule has 1 aliphatic rings. The molecule has 1 saturated heterocycles. The number of carbonyl (C=O) groups excluding carboxylic acids is 2. The summed E-state index contributed by atoms with van der Waals surface area (Å²) in [6, 6.07) is 6.61. The summed E-state index contributed by atoms with van der Waals surface area (Å²) in [7, 11) is 0. The Morgan fingerprint density at radius 1 is 1.22 bits per heavy atom. The molecule has 2 aromatic carbocycles. The Kier molecular flexibility index (Phi) is 8.15. The number of benzene rings is 2. The van der Waals surface area contributed by atoms with Crippen LogP contribution in [0.3, 0.4) is 0 Å². The van der Waals surface area contributed by atoms with E-state index in [2.05, 4.69) is 11.7 Å². The van der Waals surface area contributed by atoms with Crippen molar-refractivity contribution in [2.24, 2.45) is 5.73 Å². The van der Waals surface area contributed by atoms with Crippen LogP contribution in [-0.4, -0.2) is 39.6 Å². The zero-order valence-electron chi connectivity index (χ0n) is 18.7. The van der Waals surface area contributed by atoms with Crippen LogP contribution in [0.1, 0.15) is 23.6 Å². The number of rotatable bonds is 4. The maximum Gasteiger partial charge on any atom is 0.433 e. The maximum atomic E-state index is 13.8. The second-order valence-corrected chi connectivity index (χ2v) is 8.76. The van der Waals surface area contributed by atoms with Gasteiger partial charge in [0.05, 0.1) is 15.6 Å². The summed E-state index contributed by atoms with van der Waals surface area (Å²) in [5, 5.41) is 4.16. The lowest BCUT2D eigenvalue weighted by Gasteiger charge is -2.16. The average molecular weight is 546 g/mol. The van der Waals surface area contributed by atoms with Gasteiger partial charge in [-0.2, -0.15) is 18.3 Å². The molecule has 192 valence electrons. The van der Waals surface area contributed by atoms with Gasteiger partial charge in [-0.25, -0.2) is 9.07 Å². The molecule has 0 bridgehead atoms. The van der Waals surface area contributed by atoms with Crippen molar-refractivity contribution >= 4 is 51.6 Å². The second-order valence-electron chi connectivity index (χ2n) is 7.98. The van der Waals surface area contributed by atoms with E-state index in [-0.39, 0.29) is 33.6 Å². The van der Waals surface area contributed by atoms with Crippen LogP contribution in [0.4, 0.5) is 23.2 Å². The minimum absolute atomic E-state index is 0.0728. The number of primary amides is 1. The van der Waals surface area contributed by atoms with Gasteiger partial charge in [0.25, 0.3) is 0 Å². The topological polar surface area (TPSA) is 107 Å². The van der Waals surface area contributed by atoms with Crippen LogP contribution in [-0.2, 0) is 22.3 Å². The Hall–Kier alpha value is -3.31. The zero-order chi connectivity index (χ0) is 26.8. The molecule has 1 fully saturated rings. The van der Waals surface area contributed by atoms with Gasteiger partial charge in [-0.05, 0) is 42.8 Å². The number of anilines is 1. The lowest BCUT2D eigenvalue weighted by molar-refractivity contribution is -0.143. The maximum absolute atomic E-state index is 13.8. The third-order valence-electron chi connectivity index (χ3n) is 5.50. The van der Waals surface area contributed by atoms with Crippen molar-refractivity contribution < 1.29 is 27.2 Å². The molecule has 1 aliphatic heterocycles.